The third kappa shape index (κ3) is 4.57. The number of aryl methyl sites for hydroxylation is 2. The predicted molar refractivity (Wildman–Crippen MR) is 130 cm³/mol. The summed E-state index contributed by atoms with van der Waals surface area (Å²) in [6.45, 7) is 1.94. The van der Waals surface area contributed by atoms with Crippen molar-refractivity contribution in [3.63, 3.8) is 0 Å². The molecule has 1 heterocycles. The summed E-state index contributed by atoms with van der Waals surface area (Å²) in [5, 5.41) is 3.27. The molecule has 162 valence electrons. The number of nitrogens with one attached hydrogen (secondary N) is 1. The van der Waals surface area contributed by atoms with Crippen LogP contribution in [0.3, 0.4) is 0 Å². The Morgan fingerprint density at radius 2 is 1.66 bits per heavy atom. The second kappa shape index (κ2) is 9.36. The lowest BCUT2D eigenvalue weighted by molar-refractivity contribution is -0.116. The molecule has 0 aliphatic carbocycles. The highest BCUT2D eigenvalue weighted by molar-refractivity contribution is 9.10. The number of amides is 1. The number of para-hydroxylation sites is 1. The second-order valence-electron chi connectivity index (χ2n) is 7.59. The standard InChI is InChI=1S/C25H22BrN3O3/c1-17-15-19(26)11-12-21(17)27-23(30)16-29-22-10-6-5-9-20(22)24(31)28(25(29)32)14-13-18-7-3-2-4-8-18/h2-12,15H,13-14,16H2,1H3,(H,27,30). The Balaban J connectivity index is 1.69. The largest absolute Gasteiger partial charge is 0.331 e. The molecule has 3 aromatic carbocycles. The van der Waals surface area contributed by atoms with E-state index in [0.29, 0.717) is 23.0 Å². The highest BCUT2D eigenvalue weighted by Gasteiger charge is 2.16. The van der Waals surface area contributed by atoms with E-state index in [9.17, 15) is 14.4 Å². The molecular weight excluding hydrogens is 470 g/mol. The van der Waals surface area contributed by atoms with Gasteiger partial charge in [0.25, 0.3) is 5.56 Å². The number of hydrogen-bond acceptors (Lipinski definition) is 3. The minimum Gasteiger partial charge on any atom is -0.324 e. The first kappa shape index (κ1) is 21.8. The molecule has 6 nitrogen and oxygen atoms in total. The van der Waals surface area contributed by atoms with Crippen molar-refractivity contribution in [2.24, 2.45) is 0 Å². The Morgan fingerprint density at radius 3 is 2.41 bits per heavy atom. The summed E-state index contributed by atoms with van der Waals surface area (Å²) in [6, 6.07) is 22.1. The van der Waals surface area contributed by atoms with E-state index in [4.69, 9.17) is 0 Å². The normalized spacial score (nSPS) is 10.9. The van der Waals surface area contributed by atoms with Gasteiger partial charge in [-0.1, -0.05) is 58.4 Å². The van der Waals surface area contributed by atoms with Crippen molar-refractivity contribution in [3.05, 3.63) is 109 Å². The van der Waals surface area contributed by atoms with Crippen molar-refractivity contribution >= 4 is 38.4 Å². The zero-order valence-corrected chi connectivity index (χ0v) is 19.1. The first-order valence-electron chi connectivity index (χ1n) is 10.3. The van der Waals surface area contributed by atoms with Crippen molar-refractivity contribution in [1.82, 2.24) is 9.13 Å². The van der Waals surface area contributed by atoms with Crippen LogP contribution < -0.4 is 16.6 Å². The zero-order chi connectivity index (χ0) is 22.7. The first-order chi connectivity index (χ1) is 15.4. The van der Waals surface area contributed by atoms with Crippen molar-refractivity contribution in [2.45, 2.75) is 26.4 Å². The molecule has 0 radical (unpaired) electrons. The van der Waals surface area contributed by atoms with E-state index < -0.39 is 5.69 Å². The monoisotopic (exact) mass is 491 g/mol. The van der Waals surface area contributed by atoms with Crippen LogP contribution in [-0.4, -0.2) is 15.0 Å². The molecule has 0 saturated carbocycles. The van der Waals surface area contributed by atoms with Crippen LogP contribution >= 0.6 is 15.9 Å². The minimum absolute atomic E-state index is 0.194. The lowest BCUT2D eigenvalue weighted by atomic mass is 10.1. The fourth-order valence-corrected chi connectivity index (χ4v) is 4.18. The number of benzene rings is 3. The fraction of sp³-hybridized carbons (Fsp3) is 0.160. The van der Waals surface area contributed by atoms with Gasteiger partial charge in [-0.05, 0) is 54.8 Å². The van der Waals surface area contributed by atoms with Crippen molar-refractivity contribution in [1.29, 1.82) is 0 Å². The lowest BCUT2D eigenvalue weighted by Gasteiger charge is -2.15. The summed E-state index contributed by atoms with van der Waals surface area (Å²) in [4.78, 5) is 39.1. The Kier molecular flexibility index (Phi) is 6.37. The Morgan fingerprint density at radius 1 is 0.938 bits per heavy atom. The van der Waals surface area contributed by atoms with E-state index >= 15 is 0 Å². The lowest BCUT2D eigenvalue weighted by Crippen LogP contribution is -2.42. The minimum atomic E-state index is -0.493. The molecule has 1 amide bonds. The maximum Gasteiger partial charge on any atom is 0.331 e. The fourth-order valence-electron chi connectivity index (χ4n) is 3.71. The van der Waals surface area contributed by atoms with Gasteiger partial charge in [-0.15, -0.1) is 0 Å². The Bertz CT molecular complexity index is 1410. The van der Waals surface area contributed by atoms with Gasteiger partial charge in [-0.3, -0.25) is 18.7 Å². The molecule has 1 N–H and O–H groups in total. The van der Waals surface area contributed by atoms with Crippen molar-refractivity contribution in [2.75, 3.05) is 5.32 Å². The first-order valence-corrected chi connectivity index (χ1v) is 11.1. The average Bonchev–Trinajstić information content (AvgIpc) is 2.79. The molecule has 0 atom stereocenters. The van der Waals surface area contributed by atoms with Gasteiger partial charge in [0.05, 0.1) is 10.9 Å². The van der Waals surface area contributed by atoms with Crippen LogP contribution in [0.1, 0.15) is 11.1 Å². The van der Waals surface area contributed by atoms with Gasteiger partial charge in [0.15, 0.2) is 0 Å². The number of rotatable bonds is 6. The summed E-state index contributed by atoms with van der Waals surface area (Å²) in [5.74, 6) is -0.337. The van der Waals surface area contributed by atoms with Crippen LogP contribution in [-0.2, 0) is 24.3 Å². The van der Waals surface area contributed by atoms with E-state index in [-0.39, 0.29) is 24.6 Å². The van der Waals surface area contributed by atoms with Crippen LogP contribution in [0.25, 0.3) is 10.9 Å². The molecular formula is C25H22BrN3O3. The van der Waals surface area contributed by atoms with Gasteiger partial charge in [0, 0.05) is 16.7 Å². The van der Waals surface area contributed by atoms with Gasteiger partial charge in [-0.25, -0.2) is 4.79 Å². The summed E-state index contributed by atoms with van der Waals surface area (Å²) in [7, 11) is 0. The van der Waals surface area contributed by atoms with Gasteiger partial charge < -0.3 is 5.32 Å². The smallest absolute Gasteiger partial charge is 0.324 e. The number of fused-ring (bicyclic) bond motifs is 1. The molecule has 0 aliphatic rings. The van der Waals surface area contributed by atoms with Gasteiger partial charge in [0.2, 0.25) is 5.91 Å². The van der Waals surface area contributed by atoms with Gasteiger partial charge in [-0.2, -0.15) is 0 Å². The van der Waals surface area contributed by atoms with Crippen LogP contribution in [0, 0.1) is 6.92 Å². The van der Waals surface area contributed by atoms with Crippen molar-refractivity contribution < 1.29 is 4.79 Å². The number of nitrogens with zero attached hydrogens (tertiary/aromatic N) is 2. The molecule has 32 heavy (non-hydrogen) atoms. The molecule has 0 saturated heterocycles. The third-order valence-electron chi connectivity index (χ3n) is 5.36. The predicted octanol–water partition coefficient (Wildman–Crippen LogP) is 4.12. The third-order valence-corrected chi connectivity index (χ3v) is 5.86. The number of carbonyl (C=O) groups is 1. The Hall–Kier alpha value is -3.45. The second-order valence-corrected chi connectivity index (χ2v) is 8.50. The molecule has 0 bridgehead atoms. The molecule has 0 unspecified atom stereocenters. The maximum atomic E-state index is 13.3. The van der Waals surface area contributed by atoms with E-state index in [1.54, 1.807) is 30.3 Å². The number of aromatic nitrogens is 2. The van der Waals surface area contributed by atoms with Crippen molar-refractivity contribution in [3.8, 4) is 0 Å². The number of halogens is 1. The topological polar surface area (TPSA) is 73.1 Å². The van der Waals surface area contributed by atoms with E-state index in [1.807, 2.05) is 49.4 Å². The summed E-state index contributed by atoms with van der Waals surface area (Å²) in [6.07, 6.45) is 0.540. The van der Waals surface area contributed by atoms with Crippen LogP contribution in [0.5, 0.6) is 0 Å². The van der Waals surface area contributed by atoms with E-state index in [2.05, 4.69) is 21.2 Å². The summed E-state index contributed by atoms with van der Waals surface area (Å²) < 4.78 is 3.50. The highest BCUT2D eigenvalue weighted by Crippen LogP contribution is 2.20. The Labute approximate surface area is 193 Å². The molecule has 7 heteroatoms. The number of carbonyl (C=O) groups excluding carboxylic acids is 1. The zero-order valence-electron chi connectivity index (χ0n) is 17.5. The number of hydrogen-bond donors (Lipinski definition) is 1. The SMILES string of the molecule is Cc1cc(Br)ccc1NC(=O)Cn1c(=O)n(CCc2ccccc2)c(=O)c2ccccc21. The summed E-state index contributed by atoms with van der Waals surface area (Å²) in [5.41, 5.74) is 2.21. The molecule has 4 rings (SSSR count). The van der Waals surface area contributed by atoms with Crippen LogP contribution in [0.15, 0.2) is 86.9 Å². The van der Waals surface area contributed by atoms with Crippen LogP contribution in [0.2, 0.25) is 0 Å². The molecule has 0 fully saturated rings. The molecule has 4 aromatic rings. The average molecular weight is 492 g/mol. The van der Waals surface area contributed by atoms with Gasteiger partial charge >= 0.3 is 5.69 Å². The van der Waals surface area contributed by atoms with E-state index in [0.717, 1.165) is 15.6 Å². The molecule has 1 aromatic heterocycles. The summed E-state index contributed by atoms with van der Waals surface area (Å²) >= 11 is 3.41. The quantitative estimate of drug-likeness (QED) is 0.440. The maximum absolute atomic E-state index is 13.3. The van der Waals surface area contributed by atoms with Gasteiger partial charge in [0.1, 0.15) is 6.54 Å². The molecule has 0 aliphatic heterocycles. The van der Waals surface area contributed by atoms with Crippen LogP contribution in [0.4, 0.5) is 5.69 Å². The highest BCUT2D eigenvalue weighted by atomic mass is 79.9. The van der Waals surface area contributed by atoms with E-state index in [1.165, 1.54) is 9.13 Å². The molecule has 0 spiro atoms. The number of anilines is 1.